The Kier molecular flexibility index (Phi) is 4.98. The molecule has 0 aromatic rings. The number of piperazine rings is 1. The molecule has 1 aliphatic carbocycles. The summed E-state index contributed by atoms with van der Waals surface area (Å²) in [6, 6.07) is 0.377. The summed E-state index contributed by atoms with van der Waals surface area (Å²) in [4.78, 5) is 28.8. The molecule has 3 N–H and O–H groups in total. The monoisotopic (exact) mass is 308 g/mol. The van der Waals surface area contributed by atoms with Crippen LogP contribution in [0.5, 0.6) is 0 Å². The molecule has 0 aromatic carbocycles. The summed E-state index contributed by atoms with van der Waals surface area (Å²) < 4.78 is 0. The summed E-state index contributed by atoms with van der Waals surface area (Å²) in [5.41, 5.74) is 6.02. The van der Waals surface area contributed by atoms with Gasteiger partial charge >= 0.3 is 0 Å². The van der Waals surface area contributed by atoms with Gasteiger partial charge in [0.1, 0.15) is 0 Å². The largest absolute Gasteiger partial charge is 0.340 e. The highest BCUT2D eigenvalue weighted by Crippen LogP contribution is 2.27. The minimum absolute atomic E-state index is 0.0984. The fourth-order valence-electron chi connectivity index (χ4n) is 4.13. The first kappa shape index (κ1) is 15.7. The molecule has 2 saturated heterocycles. The summed E-state index contributed by atoms with van der Waals surface area (Å²) in [5, 5.41) is 3.11. The average Bonchev–Trinajstić information content (AvgIpc) is 2.55. The molecule has 0 aromatic heterocycles. The molecule has 124 valence electrons. The first-order valence-corrected chi connectivity index (χ1v) is 8.69. The second-order valence-corrected chi connectivity index (χ2v) is 6.97. The third kappa shape index (κ3) is 3.43. The van der Waals surface area contributed by atoms with Crippen molar-refractivity contribution in [2.45, 2.75) is 50.6 Å². The molecule has 0 spiro atoms. The zero-order valence-corrected chi connectivity index (χ0v) is 13.3. The maximum Gasteiger partial charge on any atom is 0.236 e. The van der Waals surface area contributed by atoms with E-state index in [0.717, 1.165) is 58.2 Å². The van der Waals surface area contributed by atoms with Crippen LogP contribution in [0.3, 0.4) is 0 Å². The van der Waals surface area contributed by atoms with Gasteiger partial charge in [-0.05, 0) is 32.1 Å². The predicted octanol–water partition coefficient (Wildman–Crippen LogP) is -0.0733. The third-order valence-corrected chi connectivity index (χ3v) is 5.34. The Morgan fingerprint density at radius 2 is 2.05 bits per heavy atom. The van der Waals surface area contributed by atoms with E-state index in [0.29, 0.717) is 13.1 Å². The molecule has 3 unspecified atom stereocenters. The molecule has 0 radical (unpaired) electrons. The van der Waals surface area contributed by atoms with Crippen molar-refractivity contribution in [2.24, 2.45) is 11.7 Å². The molecular formula is C16H28N4O2. The molecule has 3 rings (SSSR count). The lowest BCUT2D eigenvalue weighted by molar-refractivity contribution is -0.143. The van der Waals surface area contributed by atoms with Crippen molar-refractivity contribution in [3.8, 4) is 0 Å². The van der Waals surface area contributed by atoms with Gasteiger partial charge in [-0.1, -0.05) is 6.42 Å². The number of nitrogens with two attached hydrogens (primary N) is 1. The van der Waals surface area contributed by atoms with Gasteiger partial charge in [0, 0.05) is 44.2 Å². The Hall–Kier alpha value is -1.14. The number of hydrogen-bond donors (Lipinski definition) is 2. The Morgan fingerprint density at radius 1 is 1.18 bits per heavy atom. The van der Waals surface area contributed by atoms with Crippen LogP contribution in [-0.2, 0) is 9.59 Å². The summed E-state index contributed by atoms with van der Waals surface area (Å²) >= 11 is 0. The standard InChI is InChI=1S/C16H28N4O2/c17-13-4-1-3-12(9-13)16(22)19-7-2-5-14(11-19)20-8-6-18-10-15(20)21/h12-14,18H,1-11,17H2. The van der Waals surface area contributed by atoms with Gasteiger partial charge in [-0.3, -0.25) is 9.59 Å². The zero-order valence-electron chi connectivity index (χ0n) is 13.3. The first-order chi connectivity index (χ1) is 10.6. The number of piperidine rings is 1. The van der Waals surface area contributed by atoms with Crippen molar-refractivity contribution in [1.29, 1.82) is 0 Å². The first-order valence-electron chi connectivity index (χ1n) is 8.69. The van der Waals surface area contributed by atoms with Gasteiger partial charge in [0.25, 0.3) is 0 Å². The van der Waals surface area contributed by atoms with E-state index in [1.54, 1.807) is 0 Å². The van der Waals surface area contributed by atoms with E-state index in [1.807, 2.05) is 9.80 Å². The van der Waals surface area contributed by atoms with Crippen LogP contribution in [-0.4, -0.2) is 66.4 Å². The van der Waals surface area contributed by atoms with Crippen LogP contribution in [0.4, 0.5) is 0 Å². The van der Waals surface area contributed by atoms with Crippen molar-refractivity contribution in [2.75, 3.05) is 32.7 Å². The second-order valence-electron chi connectivity index (χ2n) is 6.97. The minimum atomic E-state index is 0.0984. The number of amides is 2. The quantitative estimate of drug-likeness (QED) is 0.748. The van der Waals surface area contributed by atoms with Gasteiger partial charge in [-0.2, -0.15) is 0 Å². The van der Waals surface area contributed by atoms with E-state index < -0.39 is 0 Å². The zero-order chi connectivity index (χ0) is 15.5. The molecule has 22 heavy (non-hydrogen) atoms. The molecule has 2 heterocycles. The Bertz CT molecular complexity index is 428. The highest BCUT2D eigenvalue weighted by Gasteiger charge is 2.35. The summed E-state index contributed by atoms with van der Waals surface area (Å²) in [7, 11) is 0. The fourth-order valence-corrected chi connectivity index (χ4v) is 4.13. The van der Waals surface area contributed by atoms with Crippen molar-refractivity contribution >= 4 is 11.8 Å². The lowest BCUT2D eigenvalue weighted by Crippen LogP contribution is -2.58. The lowest BCUT2D eigenvalue weighted by Gasteiger charge is -2.42. The number of carbonyl (C=O) groups excluding carboxylic acids is 2. The van der Waals surface area contributed by atoms with Gasteiger partial charge in [0.15, 0.2) is 0 Å². The van der Waals surface area contributed by atoms with Crippen molar-refractivity contribution in [1.82, 2.24) is 15.1 Å². The number of nitrogens with zero attached hydrogens (tertiary/aromatic N) is 2. The lowest BCUT2D eigenvalue weighted by atomic mass is 9.85. The Morgan fingerprint density at radius 3 is 2.82 bits per heavy atom. The highest BCUT2D eigenvalue weighted by atomic mass is 16.2. The number of hydrogen-bond acceptors (Lipinski definition) is 4. The topological polar surface area (TPSA) is 78.7 Å². The number of carbonyl (C=O) groups is 2. The second kappa shape index (κ2) is 6.96. The molecule has 1 saturated carbocycles. The summed E-state index contributed by atoms with van der Waals surface area (Å²) in [6.07, 6.45) is 5.91. The molecule has 6 nitrogen and oxygen atoms in total. The van der Waals surface area contributed by atoms with E-state index >= 15 is 0 Å². The molecule has 2 amide bonds. The van der Waals surface area contributed by atoms with Crippen LogP contribution in [0.1, 0.15) is 38.5 Å². The van der Waals surface area contributed by atoms with E-state index in [-0.39, 0.29) is 29.8 Å². The highest BCUT2D eigenvalue weighted by molar-refractivity contribution is 5.80. The fraction of sp³-hybridized carbons (Fsp3) is 0.875. The van der Waals surface area contributed by atoms with Gasteiger partial charge in [-0.15, -0.1) is 0 Å². The van der Waals surface area contributed by atoms with Crippen molar-refractivity contribution in [3.63, 3.8) is 0 Å². The normalized spacial score (nSPS) is 33.9. The van der Waals surface area contributed by atoms with E-state index in [2.05, 4.69) is 5.32 Å². The van der Waals surface area contributed by atoms with Gasteiger partial charge in [0.2, 0.25) is 11.8 Å². The number of nitrogens with one attached hydrogen (secondary N) is 1. The maximum atomic E-state index is 12.8. The SMILES string of the molecule is NC1CCCC(C(=O)N2CCCC(N3CCNCC3=O)C2)C1. The van der Waals surface area contributed by atoms with Gasteiger partial charge < -0.3 is 20.9 Å². The van der Waals surface area contributed by atoms with Gasteiger partial charge in [-0.25, -0.2) is 0 Å². The van der Waals surface area contributed by atoms with Crippen LogP contribution in [0.15, 0.2) is 0 Å². The summed E-state index contributed by atoms with van der Waals surface area (Å²) in [5.74, 6) is 0.536. The van der Waals surface area contributed by atoms with Gasteiger partial charge in [0.05, 0.1) is 6.54 Å². The Labute approximate surface area is 132 Å². The molecule has 3 aliphatic rings. The number of rotatable bonds is 2. The molecular weight excluding hydrogens is 280 g/mol. The maximum absolute atomic E-state index is 12.8. The molecule has 3 fully saturated rings. The predicted molar refractivity (Wildman–Crippen MR) is 84.1 cm³/mol. The van der Waals surface area contributed by atoms with Crippen LogP contribution in [0.2, 0.25) is 0 Å². The third-order valence-electron chi connectivity index (χ3n) is 5.34. The van der Waals surface area contributed by atoms with Crippen molar-refractivity contribution in [3.05, 3.63) is 0 Å². The van der Waals surface area contributed by atoms with Crippen LogP contribution in [0.25, 0.3) is 0 Å². The van der Waals surface area contributed by atoms with Crippen LogP contribution >= 0.6 is 0 Å². The Balaban J connectivity index is 1.60. The van der Waals surface area contributed by atoms with Crippen LogP contribution < -0.4 is 11.1 Å². The van der Waals surface area contributed by atoms with Crippen molar-refractivity contribution < 1.29 is 9.59 Å². The minimum Gasteiger partial charge on any atom is -0.340 e. The number of likely N-dealkylation sites (tertiary alicyclic amines) is 1. The average molecular weight is 308 g/mol. The molecule has 2 aliphatic heterocycles. The molecule has 6 heteroatoms. The molecule has 0 bridgehead atoms. The van der Waals surface area contributed by atoms with Crippen LogP contribution in [0, 0.1) is 5.92 Å². The summed E-state index contributed by atoms with van der Waals surface area (Å²) in [6.45, 7) is 3.59. The smallest absolute Gasteiger partial charge is 0.236 e. The molecule has 3 atom stereocenters. The van der Waals surface area contributed by atoms with E-state index in [4.69, 9.17) is 5.73 Å². The van der Waals surface area contributed by atoms with E-state index in [1.165, 1.54) is 0 Å². The van der Waals surface area contributed by atoms with E-state index in [9.17, 15) is 9.59 Å².